The summed E-state index contributed by atoms with van der Waals surface area (Å²) in [6.07, 6.45) is 0. The van der Waals surface area contributed by atoms with Crippen LogP contribution in [-0.4, -0.2) is 30.8 Å². The molecule has 0 saturated carbocycles. The molecule has 0 radical (unpaired) electrons. The highest BCUT2D eigenvalue weighted by Crippen LogP contribution is 1.86. The molecule has 0 aliphatic rings. The lowest BCUT2D eigenvalue weighted by Gasteiger charge is -2.09. The smallest absolute Gasteiger partial charge is 0.328 e. The predicted octanol–water partition coefficient (Wildman–Crippen LogP) is -0.406. The zero-order valence-corrected chi connectivity index (χ0v) is 7.35. The summed E-state index contributed by atoms with van der Waals surface area (Å²) in [5.74, 6) is -0.673. The van der Waals surface area contributed by atoms with Crippen molar-refractivity contribution < 1.29 is 14.3 Å². The van der Waals surface area contributed by atoms with Gasteiger partial charge >= 0.3 is 5.97 Å². The van der Waals surface area contributed by atoms with Gasteiger partial charge in [-0.25, -0.2) is 4.79 Å². The number of methoxy groups -OCH3 is 1. The van der Waals surface area contributed by atoms with Crippen LogP contribution < -0.4 is 5.32 Å². The molecule has 4 nitrogen and oxygen atoms in total. The highest BCUT2D eigenvalue weighted by Gasteiger charge is 2.13. The largest absolute Gasteiger partial charge is 0.467 e. The highest BCUT2D eigenvalue weighted by molar-refractivity contribution is 7.81. The maximum atomic E-state index is 10.7. The van der Waals surface area contributed by atoms with E-state index in [-0.39, 0.29) is 11.7 Å². The number of hydrogen-bond donors (Lipinski definition) is 2. The van der Waals surface area contributed by atoms with Gasteiger partial charge in [0.05, 0.1) is 12.9 Å². The van der Waals surface area contributed by atoms with Crippen LogP contribution in [0.2, 0.25) is 0 Å². The second-order valence-corrected chi connectivity index (χ2v) is 2.29. The Kier molecular flexibility index (Phi) is 4.69. The van der Waals surface area contributed by atoms with Crippen LogP contribution >= 0.6 is 12.6 Å². The normalized spacial score (nSPS) is 11.9. The average molecular weight is 177 g/mol. The number of esters is 1. The Morgan fingerprint density at radius 3 is 2.55 bits per heavy atom. The van der Waals surface area contributed by atoms with E-state index in [0.717, 1.165) is 0 Å². The summed E-state index contributed by atoms with van der Waals surface area (Å²) in [6, 6.07) is -0.598. The monoisotopic (exact) mass is 177 g/mol. The lowest BCUT2D eigenvalue weighted by molar-refractivity contribution is -0.144. The summed E-state index contributed by atoms with van der Waals surface area (Å²) in [4.78, 5) is 21.3. The molecule has 11 heavy (non-hydrogen) atoms. The Morgan fingerprint density at radius 1 is 1.64 bits per heavy atom. The first-order valence-electron chi connectivity index (χ1n) is 3.10. The van der Waals surface area contributed by atoms with E-state index >= 15 is 0 Å². The number of ether oxygens (including phenoxy) is 1. The van der Waals surface area contributed by atoms with E-state index < -0.39 is 12.0 Å². The van der Waals surface area contributed by atoms with Crippen molar-refractivity contribution in [3.8, 4) is 0 Å². The molecule has 1 amide bonds. The van der Waals surface area contributed by atoms with E-state index in [4.69, 9.17) is 0 Å². The van der Waals surface area contributed by atoms with Gasteiger partial charge in [0.15, 0.2) is 0 Å². The zero-order valence-electron chi connectivity index (χ0n) is 6.46. The van der Waals surface area contributed by atoms with Crippen molar-refractivity contribution in [3.05, 3.63) is 0 Å². The van der Waals surface area contributed by atoms with Gasteiger partial charge in [0, 0.05) is 0 Å². The number of thiol groups is 1. The number of hydrogen-bond acceptors (Lipinski definition) is 4. The van der Waals surface area contributed by atoms with Gasteiger partial charge in [-0.05, 0) is 6.92 Å². The van der Waals surface area contributed by atoms with Crippen molar-refractivity contribution in [2.45, 2.75) is 13.0 Å². The fourth-order valence-electron chi connectivity index (χ4n) is 0.523. The second kappa shape index (κ2) is 5.01. The van der Waals surface area contributed by atoms with Gasteiger partial charge in [-0.2, -0.15) is 12.6 Å². The van der Waals surface area contributed by atoms with Gasteiger partial charge in [0.25, 0.3) is 0 Å². The van der Waals surface area contributed by atoms with Crippen LogP contribution in [0, 0.1) is 0 Å². The molecule has 64 valence electrons. The standard InChI is InChI=1S/C6H11NO3S/c1-4(6(9)10-2)7-5(8)3-11/h4,11H,3H2,1-2H3,(H,7,8). The molecule has 0 saturated heterocycles. The topological polar surface area (TPSA) is 55.4 Å². The van der Waals surface area contributed by atoms with E-state index in [9.17, 15) is 9.59 Å². The third-order valence-electron chi connectivity index (χ3n) is 1.08. The summed E-state index contributed by atoms with van der Waals surface area (Å²) in [5.41, 5.74) is 0. The van der Waals surface area contributed by atoms with Gasteiger partial charge in [0.1, 0.15) is 6.04 Å². The minimum Gasteiger partial charge on any atom is -0.467 e. The molecular formula is C6H11NO3S. The molecule has 0 heterocycles. The molecule has 0 aliphatic heterocycles. The van der Waals surface area contributed by atoms with E-state index in [1.165, 1.54) is 7.11 Å². The number of nitrogens with one attached hydrogen (secondary N) is 1. The molecule has 5 heteroatoms. The number of carbonyl (C=O) groups excluding carboxylic acids is 2. The summed E-state index contributed by atoms with van der Waals surface area (Å²) >= 11 is 3.72. The van der Waals surface area contributed by atoms with Crippen LogP contribution in [0.25, 0.3) is 0 Å². The first kappa shape index (κ1) is 10.3. The van der Waals surface area contributed by atoms with Gasteiger partial charge in [-0.15, -0.1) is 0 Å². The molecule has 0 aromatic carbocycles. The third-order valence-corrected chi connectivity index (χ3v) is 1.36. The third kappa shape index (κ3) is 3.87. The van der Waals surface area contributed by atoms with Crippen LogP contribution in [0.15, 0.2) is 0 Å². The predicted molar refractivity (Wildman–Crippen MR) is 43.5 cm³/mol. The van der Waals surface area contributed by atoms with Crippen molar-refractivity contribution in [2.24, 2.45) is 0 Å². The van der Waals surface area contributed by atoms with Crippen LogP contribution in [0.4, 0.5) is 0 Å². The van der Waals surface area contributed by atoms with E-state index in [1.807, 2.05) is 0 Å². The molecule has 1 atom stereocenters. The van der Waals surface area contributed by atoms with Gasteiger partial charge in [-0.1, -0.05) is 0 Å². The van der Waals surface area contributed by atoms with Crippen molar-refractivity contribution in [1.82, 2.24) is 5.32 Å². The Bertz CT molecular complexity index is 160. The Balaban J connectivity index is 3.77. The van der Waals surface area contributed by atoms with Crippen LogP contribution in [0.5, 0.6) is 0 Å². The Hall–Kier alpha value is -0.710. The van der Waals surface area contributed by atoms with E-state index in [1.54, 1.807) is 6.92 Å². The summed E-state index contributed by atoms with van der Waals surface area (Å²) < 4.78 is 4.38. The van der Waals surface area contributed by atoms with Gasteiger partial charge in [-0.3, -0.25) is 4.79 Å². The maximum Gasteiger partial charge on any atom is 0.328 e. The molecule has 0 rings (SSSR count). The van der Waals surface area contributed by atoms with Gasteiger partial charge in [0.2, 0.25) is 5.91 Å². The minimum absolute atomic E-state index is 0.0708. The van der Waals surface area contributed by atoms with Crippen molar-refractivity contribution in [2.75, 3.05) is 12.9 Å². The Labute approximate surface area is 70.7 Å². The minimum atomic E-state index is -0.598. The molecule has 1 unspecified atom stereocenters. The van der Waals surface area contributed by atoms with Crippen LogP contribution in [0.1, 0.15) is 6.92 Å². The fraction of sp³-hybridized carbons (Fsp3) is 0.667. The molecular weight excluding hydrogens is 166 g/mol. The molecule has 0 aliphatic carbocycles. The average Bonchev–Trinajstić information content (AvgIpc) is 2.02. The molecule has 0 aromatic heterocycles. The second-order valence-electron chi connectivity index (χ2n) is 1.97. The summed E-state index contributed by atoms with van der Waals surface area (Å²) in [6.45, 7) is 1.55. The highest BCUT2D eigenvalue weighted by atomic mass is 32.1. The first-order valence-corrected chi connectivity index (χ1v) is 3.73. The molecule has 0 spiro atoms. The zero-order chi connectivity index (χ0) is 8.85. The summed E-state index contributed by atoms with van der Waals surface area (Å²) in [5, 5.41) is 2.39. The Morgan fingerprint density at radius 2 is 2.18 bits per heavy atom. The fourth-order valence-corrected chi connectivity index (χ4v) is 0.614. The molecule has 1 N–H and O–H groups in total. The first-order chi connectivity index (χ1) is 5.11. The van der Waals surface area contributed by atoms with Crippen molar-refractivity contribution in [3.63, 3.8) is 0 Å². The molecule has 0 aromatic rings. The van der Waals surface area contributed by atoms with Crippen LogP contribution in [0.3, 0.4) is 0 Å². The van der Waals surface area contributed by atoms with Gasteiger partial charge < -0.3 is 10.1 Å². The van der Waals surface area contributed by atoms with Crippen molar-refractivity contribution >= 4 is 24.5 Å². The number of carbonyl (C=O) groups is 2. The van der Waals surface area contributed by atoms with E-state index in [2.05, 4.69) is 22.7 Å². The number of rotatable bonds is 3. The van der Waals surface area contributed by atoms with Crippen molar-refractivity contribution in [1.29, 1.82) is 0 Å². The summed E-state index contributed by atoms with van der Waals surface area (Å²) in [7, 11) is 1.27. The SMILES string of the molecule is COC(=O)C(C)NC(=O)CS. The molecule has 0 bridgehead atoms. The quantitative estimate of drug-likeness (QED) is 0.455. The van der Waals surface area contributed by atoms with Crippen LogP contribution in [-0.2, 0) is 14.3 Å². The lowest BCUT2D eigenvalue weighted by atomic mass is 10.3. The maximum absolute atomic E-state index is 10.7. The number of amides is 1. The lowest BCUT2D eigenvalue weighted by Crippen LogP contribution is -2.39. The molecule has 0 fully saturated rings. The van der Waals surface area contributed by atoms with E-state index in [0.29, 0.717) is 0 Å².